The van der Waals surface area contributed by atoms with Crippen molar-refractivity contribution in [3.8, 4) is 0 Å². The van der Waals surface area contributed by atoms with Crippen LogP contribution in [0.3, 0.4) is 0 Å². The van der Waals surface area contributed by atoms with Crippen molar-refractivity contribution < 1.29 is 14.5 Å². The highest BCUT2D eigenvalue weighted by Crippen LogP contribution is 2.41. The highest BCUT2D eigenvalue weighted by atomic mass is 79.9. The third-order valence-electron chi connectivity index (χ3n) is 5.39. The molecule has 2 aliphatic rings. The molecule has 1 aromatic carbocycles. The first-order valence-electron chi connectivity index (χ1n) is 9.85. The molecule has 2 heterocycles. The number of amides is 1. The van der Waals surface area contributed by atoms with Crippen LogP contribution >= 0.6 is 27.5 Å². The van der Waals surface area contributed by atoms with Gasteiger partial charge in [0, 0.05) is 41.0 Å². The number of nitrogens with zero attached hydrogens (tertiary/aromatic N) is 3. The Labute approximate surface area is 192 Å². The zero-order valence-corrected chi connectivity index (χ0v) is 19.1. The predicted octanol–water partition coefficient (Wildman–Crippen LogP) is 5.94. The number of carbonyl (C=O) groups excluding carboxylic acids is 1. The third-order valence-corrected chi connectivity index (χ3v) is 6.13. The van der Waals surface area contributed by atoms with Gasteiger partial charge in [0.25, 0.3) is 5.69 Å². The van der Waals surface area contributed by atoms with Gasteiger partial charge in [-0.1, -0.05) is 29.3 Å². The zero-order chi connectivity index (χ0) is 22.1. The average Bonchev–Trinajstić information content (AvgIpc) is 2.89. The molecule has 0 unspecified atom stereocenters. The van der Waals surface area contributed by atoms with E-state index in [0.29, 0.717) is 32.5 Å². The van der Waals surface area contributed by atoms with Crippen LogP contribution in [0.5, 0.6) is 0 Å². The van der Waals surface area contributed by atoms with E-state index in [1.165, 1.54) is 6.07 Å². The molecule has 160 valence electrons. The van der Waals surface area contributed by atoms with Crippen LogP contribution in [0, 0.1) is 10.1 Å². The maximum atomic E-state index is 12.1. The molecule has 1 saturated heterocycles. The van der Waals surface area contributed by atoms with Gasteiger partial charge in [-0.25, -0.2) is 4.79 Å². The summed E-state index contributed by atoms with van der Waals surface area (Å²) < 4.78 is 5.96. The Kier molecular flexibility index (Phi) is 6.11. The highest BCUT2D eigenvalue weighted by molar-refractivity contribution is 9.10. The lowest BCUT2D eigenvalue weighted by Gasteiger charge is -2.29. The molecule has 0 atom stereocenters. The Balaban J connectivity index is 1.86. The van der Waals surface area contributed by atoms with Crippen molar-refractivity contribution in [2.75, 3.05) is 19.7 Å². The SMILES string of the molecule is CCOC(=O)N1CCC(=C2c3cc([N+](=O)[O-])c(Cl)cc3C=Cc3cc(Br)cnc32)CC1. The summed E-state index contributed by atoms with van der Waals surface area (Å²) in [5.41, 5.74) is 5.00. The summed E-state index contributed by atoms with van der Waals surface area (Å²) in [6.07, 6.45) is 6.49. The number of rotatable bonds is 2. The van der Waals surface area contributed by atoms with E-state index in [1.807, 2.05) is 18.2 Å². The normalized spacial score (nSPS) is 15.3. The van der Waals surface area contributed by atoms with E-state index in [9.17, 15) is 14.9 Å². The van der Waals surface area contributed by atoms with Crippen molar-refractivity contribution in [3.05, 3.63) is 72.0 Å². The summed E-state index contributed by atoms with van der Waals surface area (Å²) in [5, 5.41) is 11.6. The van der Waals surface area contributed by atoms with Crippen molar-refractivity contribution >= 4 is 57.0 Å². The number of carbonyl (C=O) groups is 1. The van der Waals surface area contributed by atoms with Crippen molar-refractivity contribution in [2.45, 2.75) is 19.8 Å². The standard InChI is InChI=1S/C22H19BrClN3O4/c1-2-31-22(28)26-7-5-13(6-8-26)20-17-11-19(27(29)30)18(24)10-14(17)3-4-15-9-16(23)12-25-21(15)20/h3-4,9-12H,2,5-8H2,1H3. The molecule has 1 aromatic heterocycles. The summed E-state index contributed by atoms with van der Waals surface area (Å²) in [5.74, 6) is 0. The van der Waals surface area contributed by atoms with Gasteiger partial charge in [0.05, 0.1) is 17.2 Å². The molecule has 0 radical (unpaired) electrons. The smallest absolute Gasteiger partial charge is 0.409 e. The Bertz CT molecular complexity index is 1140. The molecule has 1 fully saturated rings. The van der Waals surface area contributed by atoms with Crippen molar-refractivity contribution in [3.63, 3.8) is 0 Å². The lowest BCUT2D eigenvalue weighted by molar-refractivity contribution is -0.384. The number of fused-ring (bicyclic) bond motifs is 2. The van der Waals surface area contributed by atoms with Gasteiger partial charge >= 0.3 is 6.09 Å². The van der Waals surface area contributed by atoms with E-state index in [1.54, 1.807) is 24.1 Å². The maximum absolute atomic E-state index is 12.1. The van der Waals surface area contributed by atoms with Gasteiger partial charge in [-0.2, -0.15) is 0 Å². The molecule has 0 bridgehead atoms. The van der Waals surface area contributed by atoms with Crippen LogP contribution in [0.1, 0.15) is 42.1 Å². The first-order chi connectivity index (χ1) is 14.9. The molecule has 1 aliphatic carbocycles. The largest absolute Gasteiger partial charge is 0.450 e. The van der Waals surface area contributed by atoms with Crippen LogP contribution in [0.15, 0.2) is 34.4 Å². The molecule has 0 saturated carbocycles. The number of ether oxygens (including phenoxy) is 1. The summed E-state index contributed by atoms with van der Waals surface area (Å²) in [4.78, 5) is 29.5. The van der Waals surface area contributed by atoms with E-state index in [0.717, 1.165) is 38.0 Å². The van der Waals surface area contributed by atoms with Crippen molar-refractivity contribution in [1.29, 1.82) is 0 Å². The number of pyridine rings is 1. The summed E-state index contributed by atoms with van der Waals surface area (Å²) in [7, 11) is 0. The maximum Gasteiger partial charge on any atom is 0.409 e. The van der Waals surface area contributed by atoms with E-state index in [2.05, 4.69) is 20.9 Å². The van der Waals surface area contributed by atoms with Gasteiger partial charge in [0.1, 0.15) is 5.02 Å². The molecule has 4 rings (SSSR count). The molecule has 2 aromatic rings. The predicted molar refractivity (Wildman–Crippen MR) is 123 cm³/mol. The number of hydrogen-bond acceptors (Lipinski definition) is 5. The summed E-state index contributed by atoms with van der Waals surface area (Å²) in [6.45, 7) is 3.15. The van der Waals surface area contributed by atoms with Gasteiger partial charge in [-0.15, -0.1) is 0 Å². The van der Waals surface area contributed by atoms with Crippen LogP contribution in [0.4, 0.5) is 10.5 Å². The molecular weight excluding hydrogens is 486 g/mol. The van der Waals surface area contributed by atoms with Gasteiger partial charge in [-0.05, 0) is 59.0 Å². The van der Waals surface area contributed by atoms with E-state index in [4.69, 9.17) is 16.3 Å². The fraction of sp³-hybridized carbons (Fsp3) is 0.273. The quantitative estimate of drug-likeness (QED) is 0.318. The van der Waals surface area contributed by atoms with Crippen LogP contribution < -0.4 is 0 Å². The van der Waals surface area contributed by atoms with Gasteiger partial charge in [0.2, 0.25) is 0 Å². The lowest BCUT2D eigenvalue weighted by Crippen LogP contribution is -2.37. The fourth-order valence-corrected chi connectivity index (χ4v) is 4.54. The first-order valence-corrected chi connectivity index (χ1v) is 11.0. The van der Waals surface area contributed by atoms with Crippen LogP contribution in [0.2, 0.25) is 5.02 Å². The number of aromatic nitrogens is 1. The second-order valence-corrected chi connectivity index (χ2v) is 8.56. The molecule has 1 aliphatic heterocycles. The number of benzene rings is 1. The number of halogens is 2. The summed E-state index contributed by atoms with van der Waals surface area (Å²) >= 11 is 9.66. The van der Waals surface area contributed by atoms with Crippen LogP contribution in [0.25, 0.3) is 17.7 Å². The minimum Gasteiger partial charge on any atom is -0.450 e. The number of piperidine rings is 1. The third kappa shape index (κ3) is 4.22. The molecule has 31 heavy (non-hydrogen) atoms. The second-order valence-electron chi connectivity index (χ2n) is 7.24. The topological polar surface area (TPSA) is 85.6 Å². The molecular formula is C22H19BrClN3O4. The van der Waals surface area contributed by atoms with Gasteiger partial charge in [0.15, 0.2) is 0 Å². The second kappa shape index (κ2) is 8.80. The molecule has 1 amide bonds. The van der Waals surface area contributed by atoms with Gasteiger partial charge < -0.3 is 9.64 Å². The molecule has 0 spiro atoms. The van der Waals surface area contributed by atoms with Crippen molar-refractivity contribution in [2.24, 2.45) is 0 Å². The molecule has 0 N–H and O–H groups in total. The lowest BCUT2D eigenvalue weighted by atomic mass is 9.88. The van der Waals surface area contributed by atoms with Gasteiger partial charge in [-0.3, -0.25) is 15.1 Å². The Morgan fingerprint density at radius 1 is 1.26 bits per heavy atom. The average molecular weight is 505 g/mol. The Hall–Kier alpha value is -2.71. The van der Waals surface area contributed by atoms with E-state index in [-0.39, 0.29) is 16.8 Å². The van der Waals surface area contributed by atoms with Crippen LogP contribution in [-0.4, -0.2) is 40.6 Å². The zero-order valence-electron chi connectivity index (χ0n) is 16.7. The number of hydrogen-bond donors (Lipinski definition) is 0. The molecule has 9 heteroatoms. The summed E-state index contributed by atoms with van der Waals surface area (Å²) in [6, 6.07) is 5.12. The number of nitro groups is 1. The van der Waals surface area contributed by atoms with Crippen molar-refractivity contribution in [1.82, 2.24) is 9.88 Å². The van der Waals surface area contributed by atoms with E-state index >= 15 is 0 Å². The Morgan fingerprint density at radius 3 is 2.65 bits per heavy atom. The van der Waals surface area contributed by atoms with E-state index < -0.39 is 4.92 Å². The first kappa shape index (κ1) is 21.5. The highest BCUT2D eigenvalue weighted by Gasteiger charge is 2.28. The minimum absolute atomic E-state index is 0.0926. The molecule has 7 nitrogen and oxygen atoms in total. The monoisotopic (exact) mass is 503 g/mol. The number of likely N-dealkylation sites (tertiary alicyclic amines) is 1. The Morgan fingerprint density at radius 2 is 1.97 bits per heavy atom. The van der Waals surface area contributed by atoms with Crippen LogP contribution in [-0.2, 0) is 4.74 Å². The fourth-order valence-electron chi connectivity index (χ4n) is 3.95. The minimum atomic E-state index is -0.473. The number of nitro benzene ring substituents is 1.